The maximum atomic E-state index is 6.08. The number of nitrogens with zero attached hydrogens (tertiary/aromatic N) is 2. The topological polar surface area (TPSA) is 72.1 Å². The van der Waals surface area contributed by atoms with Crippen molar-refractivity contribution in [2.45, 2.75) is 38.9 Å². The normalized spacial score (nSPS) is 16.4. The predicted molar refractivity (Wildman–Crippen MR) is 127 cm³/mol. The molecule has 1 aliphatic heterocycles. The maximum absolute atomic E-state index is 6.08. The number of benzene rings is 2. The summed E-state index contributed by atoms with van der Waals surface area (Å²) in [5.74, 6) is 1.44. The quantitative estimate of drug-likeness (QED) is 0.441. The van der Waals surface area contributed by atoms with Crippen LogP contribution in [0.25, 0.3) is 33.3 Å². The molecule has 0 radical (unpaired) electrons. The molecule has 6 nitrogen and oxygen atoms in total. The van der Waals surface area contributed by atoms with Crippen molar-refractivity contribution in [2.24, 2.45) is 0 Å². The van der Waals surface area contributed by atoms with Gasteiger partial charge in [-0.3, -0.25) is 4.98 Å². The summed E-state index contributed by atoms with van der Waals surface area (Å²) >= 11 is 0. The standard InChI is InChI=1S/C26H28N4O2/c1-17(2)31-20-6-3-5-18(11-20)19-8-9-24-22(12-19)23(14-29-24)25-15-28-16-26(30-25)32-21-7-4-10-27-13-21/h3,5-6,8-9,11-12,14-17,21,27,29H,4,7,10,13H2,1-2H3/t21-/m1/s1. The minimum Gasteiger partial charge on any atom is -0.491 e. The molecule has 2 N–H and O–H groups in total. The molecule has 2 aromatic carbocycles. The second-order valence-corrected chi connectivity index (χ2v) is 8.49. The first-order valence-corrected chi connectivity index (χ1v) is 11.2. The zero-order chi connectivity index (χ0) is 21.9. The van der Waals surface area contributed by atoms with Gasteiger partial charge in [-0.2, -0.15) is 0 Å². The molecule has 1 atom stereocenters. The Labute approximate surface area is 188 Å². The number of H-pyrrole nitrogens is 1. The molecule has 0 aliphatic carbocycles. The van der Waals surface area contributed by atoms with Crippen molar-refractivity contribution in [1.82, 2.24) is 20.3 Å². The highest BCUT2D eigenvalue weighted by atomic mass is 16.5. The molecular formula is C26H28N4O2. The third-order valence-corrected chi connectivity index (χ3v) is 5.65. The van der Waals surface area contributed by atoms with Crippen molar-refractivity contribution in [3.63, 3.8) is 0 Å². The Balaban J connectivity index is 1.46. The minimum absolute atomic E-state index is 0.140. The van der Waals surface area contributed by atoms with E-state index in [1.54, 1.807) is 12.4 Å². The summed E-state index contributed by atoms with van der Waals surface area (Å²) < 4.78 is 12.0. The first-order valence-electron chi connectivity index (χ1n) is 11.2. The molecule has 0 amide bonds. The van der Waals surface area contributed by atoms with Crippen LogP contribution < -0.4 is 14.8 Å². The molecule has 4 aromatic rings. The van der Waals surface area contributed by atoms with Crippen molar-refractivity contribution in [2.75, 3.05) is 13.1 Å². The van der Waals surface area contributed by atoms with E-state index in [1.165, 1.54) is 0 Å². The number of ether oxygens (including phenoxy) is 2. The van der Waals surface area contributed by atoms with Crippen LogP contribution >= 0.6 is 0 Å². The molecule has 0 unspecified atom stereocenters. The largest absolute Gasteiger partial charge is 0.491 e. The van der Waals surface area contributed by atoms with Gasteiger partial charge in [0.2, 0.25) is 5.88 Å². The van der Waals surface area contributed by atoms with Gasteiger partial charge in [-0.25, -0.2) is 4.98 Å². The van der Waals surface area contributed by atoms with E-state index in [0.29, 0.717) is 5.88 Å². The average molecular weight is 429 g/mol. The number of rotatable bonds is 6. The summed E-state index contributed by atoms with van der Waals surface area (Å²) in [5.41, 5.74) is 5.11. The highest BCUT2D eigenvalue weighted by Gasteiger charge is 2.16. The smallest absolute Gasteiger partial charge is 0.233 e. The Hall–Kier alpha value is -3.38. The first kappa shape index (κ1) is 20.5. The zero-order valence-corrected chi connectivity index (χ0v) is 18.5. The summed E-state index contributed by atoms with van der Waals surface area (Å²) in [5, 5.41) is 4.47. The van der Waals surface area contributed by atoms with Crippen LogP contribution in [0.1, 0.15) is 26.7 Å². The van der Waals surface area contributed by atoms with Crippen LogP contribution in [0.2, 0.25) is 0 Å². The van der Waals surface area contributed by atoms with Crippen LogP contribution in [-0.2, 0) is 0 Å². The van der Waals surface area contributed by atoms with Crippen molar-refractivity contribution in [3.8, 4) is 34.0 Å². The summed E-state index contributed by atoms with van der Waals surface area (Å²) in [6.07, 6.45) is 7.91. The summed E-state index contributed by atoms with van der Waals surface area (Å²) in [6.45, 7) is 5.97. The summed E-state index contributed by atoms with van der Waals surface area (Å²) in [6, 6.07) is 14.6. The highest BCUT2D eigenvalue weighted by Crippen LogP contribution is 2.33. The number of nitrogens with one attached hydrogen (secondary N) is 2. The third-order valence-electron chi connectivity index (χ3n) is 5.65. The molecule has 5 rings (SSSR count). The molecule has 0 saturated carbocycles. The Kier molecular flexibility index (Phi) is 5.77. The van der Waals surface area contributed by atoms with Crippen molar-refractivity contribution in [3.05, 3.63) is 61.1 Å². The summed E-state index contributed by atoms with van der Waals surface area (Å²) in [7, 11) is 0. The number of fused-ring (bicyclic) bond motifs is 1. The molecular weight excluding hydrogens is 400 g/mol. The Morgan fingerprint density at radius 2 is 1.97 bits per heavy atom. The van der Waals surface area contributed by atoms with E-state index in [0.717, 1.165) is 65.0 Å². The lowest BCUT2D eigenvalue weighted by atomic mass is 10.0. The summed E-state index contributed by atoms with van der Waals surface area (Å²) in [4.78, 5) is 12.5. The van der Waals surface area contributed by atoms with Crippen molar-refractivity contribution < 1.29 is 9.47 Å². The molecule has 1 saturated heterocycles. The molecule has 32 heavy (non-hydrogen) atoms. The van der Waals surface area contributed by atoms with E-state index in [4.69, 9.17) is 14.5 Å². The van der Waals surface area contributed by atoms with Gasteiger partial charge in [0.25, 0.3) is 0 Å². The van der Waals surface area contributed by atoms with E-state index in [9.17, 15) is 0 Å². The Bertz CT molecular complexity index is 1210. The van der Waals surface area contributed by atoms with Crippen molar-refractivity contribution in [1.29, 1.82) is 0 Å². The van der Waals surface area contributed by atoms with E-state index >= 15 is 0 Å². The molecule has 164 valence electrons. The predicted octanol–water partition coefficient (Wildman–Crippen LogP) is 5.21. The fraction of sp³-hybridized carbons (Fsp3) is 0.308. The van der Waals surface area contributed by atoms with E-state index in [2.05, 4.69) is 45.6 Å². The number of aromatic nitrogens is 3. The maximum Gasteiger partial charge on any atom is 0.233 e. The van der Waals surface area contributed by atoms with E-state index < -0.39 is 0 Å². The van der Waals surface area contributed by atoms with Gasteiger partial charge in [0.1, 0.15) is 11.9 Å². The minimum atomic E-state index is 0.140. The molecule has 6 heteroatoms. The number of hydrogen-bond donors (Lipinski definition) is 2. The lowest BCUT2D eigenvalue weighted by Crippen LogP contribution is -2.37. The van der Waals surface area contributed by atoms with Gasteiger partial charge in [-0.1, -0.05) is 18.2 Å². The van der Waals surface area contributed by atoms with Gasteiger partial charge in [0.05, 0.1) is 24.2 Å². The number of hydrogen-bond acceptors (Lipinski definition) is 5. The van der Waals surface area contributed by atoms with Crippen LogP contribution in [0.15, 0.2) is 61.1 Å². The number of piperidine rings is 1. The molecule has 1 fully saturated rings. The van der Waals surface area contributed by atoms with E-state index in [1.807, 2.05) is 32.2 Å². The van der Waals surface area contributed by atoms with Gasteiger partial charge in [-0.05, 0) is 68.6 Å². The fourth-order valence-electron chi connectivity index (χ4n) is 4.16. The molecule has 2 aromatic heterocycles. The molecule has 1 aliphatic rings. The van der Waals surface area contributed by atoms with Crippen molar-refractivity contribution >= 4 is 10.9 Å². The second-order valence-electron chi connectivity index (χ2n) is 8.49. The van der Waals surface area contributed by atoms with Crippen LogP contribution in [0, 0.1) is 0 Å². The monoisotopic (exact) mass is 428 g/mol. The van der Waals surface area contributed by atoms with Gasteiger partial charge in [0.15, 0.2) is 0 Å². The van der Waals surface area contributed by atoms with Crippen LogP contribution in [-0.4, -0.2) is 40.2 Å². The number of aromatic amines is 1. The van der Waals surface area contributed by atoms with Gasteiger partial charge in [-0.15, -0.1) is 0 Å². The second kappa shape index (κ2) is 9.01. The van der Waals surface area contributed by atoms with Crippen LogP contribution in [0.5, 0.6) is 11.6 Å². The molecule has 0 spiro atoms. The fourth-order valence-corrected chi connectivity index (χ4v) is 4.16. The van der Waals surface area contributed by atoms with Crippen LogP contribution in [0.4, 0.5) is 0 Å². The zero-order valence-electron chi connectivity index (χ0n) is 18.5. The first-order chi connectivity index (χ1) is 15.7. The van der Waals surface area contributed by atoms with E-state index in [-0.39, 0.29) is 12.2 Å². The van der Waals surface area contributed by atoms with Crippen LogP contribution in [0.3, 0.4) is 0 Å². The molecule has 3 heterocycles. The molecule has 0 bridgehead atoms. The lowest BCUT2D eigenvalue weighted by Gasteiger charge is -2.23. The lowest BCUT2D eigenvalue weighted by molar-refractivity contribution is 0.160. The third kappa shape index (κ3) is 4.46. The highest BCUT2D eigenvalue weighted by molar-refractivity contribution is 5.97. The average Bonchev–Trinajstić information content (AvgIpc) is 3.23. The SMILES string of the molecule is CC(C)Oc1cccc(-c2ccc3[nH]cc(-c4cncc(O[C@@H]5CCCNC5)n4)c3c2)c1. The van der Waals surface area contributed by atoms with Gasteiger partial charge >= 0.3 is 0 Å². The van der Waals surface area contributed by atoms with Gasteiger partial charge in [0, 0.05) is 29.2 Å². The Morgan fingerprint density at radius 1 is 1.06 bits per heavy atom. The Morgan fingerprint density at radius 3 is 2.81 bits per heavy atom. The van der Waals surface area contributed by atoms with Gasteiger partial charge < -0.3 is 19.8 Å².